The van der Waals surface area contributed by atoms with Crippen LogP contribution >= 0.6 is 11.3 Å². The molecule has 0 radical (unpaired) electrons. The number of nitrogens with one attached hydrogen (secondary N) is 2. The quantitative estimate of drug-likeness (QED) is 0.594. The van der Waals surface area contributed by atoms with E-state index in [2.05, 4.69) is 14.9 Å². The number of sulfonamides is 1. The zero-order valence-electron chi connectivity index (χ0n) is 17.9. The molecule has 31 heavy (non-hydrogen) atoms. The van der Waals surface area contributed by atoms with Crippen LogP contribution in [0.4, 0.5) is 4.39 Å². The summed E-state index contributed by atoms with van der Waals surface area (Å²) >= 11 is 1.12. The van der Waals surface area contributed by atoms with Gasteiger partial charge in [0.05, 0.1) is 0 Å². The highest BCUT2D eigenvalue weighted by Crippen LogP contribution is 2.20. The first-order chi connectivity index (χ1) is 14.8. The summed E-state index contributed by atoms with van der Waals surface area (Å²) in [5.41, 5.74) is 0.701. The predicted octanol–water partition coefficient (Wildman–Crippen LogP) is 3.22. The number of carbonyl (C=O) groups is 1. The number of rotatable bonds is 9. The predicted molar refractivity (Wildman–Crippen MR) is 121 cm³/mol. The topological polar surface area (TPSA) is 78.5 Å². The second-order valence-corrected chi connectivity index (χ2v) is 11.2. The number of likely N-dealkylation sites (tertiary alicyclic amines) is 1. The van der Waals surface area contributed by atoms with Crippen LogP contribution in [-0.2, 0) is 21.4 Å². The first kappa shape index (κ1) is 23.8. The summed E-state index contributed by atoms with van der Waals surface area (Å²) in [5, 5.41) is 4.63. The average Bonchev–Trinajstić information content (AvgIpc) is 3.29. The van der Waals surface area contributed by atoms with Crippen LogP contribution in [0.15, 0.2) is 46.0 Å². The normalized spacial score (nSPS) is 17.0. The van der Waals surface area contributed by atoms with E-state index < -0.39 is 16.1 Å². The minimum Gasteiger partial charge on any atom is -0.354 e. The molecular weight excluding hydrogens is 437 g/mol. The lowest BCUT2D eigenvalue weighted by atomic mass is 9.96. The van der Waals surface area contributed by atoms with Crippen molar-refractivity contribution in [2.45, 2.75) is 43.5 Å². The third kappa shape index (κ3) is 6.58. The molecule has 1 unspecified atom stereocenters. The third-order valence-electron chi connectivity index (χ3n) is 5.62. The van der Waals surface area contributed by atoms with Crippen LogP contribution in [0.2, 0.25) is 0 Å². The van der Waals surface area contributed by atoms with Crippen LogP contribution in [0.25, 0.3) is 0 Å². The van der Waals surface area contributed by atoms with Gasteiger partial charge >= 0.3 is 0 Å². The molecular formula is C22H30FN3O3S2. The van der Waals surface area contributed by atoms with Gasteiger partial charge in [-0.05, 0) is 55.3 Å². The first-order valence-electron chi connectivity index (χ1n) is 10.6. The van der Waals surface area contributed by atoms with E-state index in [0.29, 0.717) is 24.6 Å². The van der Waals surface area contributed by atoms with E-state index >= 15 is 0 Å². The Morgan fingerprint density at radius 2 is 1.90 bits per heavy atom. The molecule has 1 amide bonds. The molecule has 0 aliphatic carbocycles. The number of benzene rings is 1. The molecule has 6 nitrogen and oxygen atoms in total. The number of thiophene rings is 1. The van der Waals surface area contributed by atoms with Crippen molar-refractivity contribution in [3.8, 4) is 0 Å². The van der Waals surface area contributed by atoms with E-state index in [0.717, 1.165) is 37.3 Å². The van der Waals surface area contributed by atoms with E-state index in [1.54, 1.807) is 17.5 Å². The molecule has 9 heteroatoms. The molecule has 1 fully saturated rings. The summed E-state index contributed by atoms with van der Waals surface area (Å²) in [4.78, 5) is 15.0. The van der Waals surface area contributed by atoms with Crippen LogP contribution in [-0.4, -0.2) is 44.9 Å². The lowest BCUT2D eigenvalue weighted by molar-refractivity contribution is -0.123. The van der Waals surface area contributed by atoms with E-state index in [4.69, 9.17) is 0 Å². The van der Waals surface area contributed by atoms with Crippen molar-refractivity contribution in [1.82, 2.24) is 14.9 Å². The second-order valence-electron chi connectivity index (χ2n) is 8.33. The molecule has 1 atom stereocenters. The molecule has 0 spiro atoms. The Kier molecular flexibility index (Phi) is 8.21. The van der Waals surface area contributed by atoms with E-state index in [9.17, 15) is 17.6 Å². The van der Waals surface area contributed by atoms with Gasteiger partial charge in [0.2, 0.25) is 5.91 Å². The summed E-state index contributed by atoms with van der Waals surface area (Å²) in [6.45, 7) is 6.42. The Hall–Kier alpha value is -1.81. The van der Waals surface area contributed by atoms with Crippen LogP contribution < -0.4 is 10.0 Å². The fourth-order valence-electron chi connectivity index (χ4n) is 3.71. The second kappa shape index (κ2) is 10.7. The molecule has 1 aliphatic rings. The van der Waals surface area contributed by atoms with Crippen molar-refractivity contribution in [3.63, 3.8) is 0 Å². The summed E-state index contributed by atoms with van der Waals surface area (Å²) in [7, 11) is -3.72. The van der Waals surface area contributed by atoms with Gasteiger partial charge in [-0.15, -0.1) is 11.3 Å². The molecule has 2 aromatic rings. The smallest absolute Gasteiger partial charge is 0.250 e. The Morgan fingerprint density at radius 3 is 2.52 bits per heavy atom. The third-order valence-corrected chi connectivity index (χ3v) is 8.45. The van der Waals surface area contributed by atoms with Gasteiger partial charge in [-0.25, -0.2) is 12.8 Å². The van der Waals surface area contributed by atoms with E-state index in [1.165, 1.54) is 12.1 Å². The molecule has 1 saturated heterocycles. The monoisotopic (exact) mass is 467 g/mol. The van der Waals surface area contributed by atoms with Gasteiger partial charge in [0.25, 0.3) is 10.0 Å². The maximum Gasteiger partial charge on any atom is 0.250 e. The lowest BCUT2D eigenvalue weighted by Crippen LogP contribution is -2.50. The number of carbonyl (C=O) groups excluding carboxylic acids is 1. The number of halogens is 1. The van der Waals surface area contributed by atoms with E-state index in [1.807, 2.05) is 26.0 Å². The Bertz CT molecular complexity index is 956. The maximum atomic E-state index is 13.9. The van der Waals surface area contributed by atoms with Gasteiger partial charge in [0, 0.05) is 18.7 Å². The maximum absolute atomic E-state index is 13.9. The van der Waals surface area contributed by atoms with Gasteiger partial charge in [-0.1, -0.05) is 38.1 Å². The van der Waals surface area contributed by atoms with Crippen LogP contribution in [0, 0.1) is 17.7 Å². The largest absolute Gasteiger partial charge is 0.354 e. The van der Waals surface area contributed by atoms with Gasteiger partial charge < -0.3 is 5.32 Å². The molecule has 2 N–H and O–H groups in total. The standard InChI is InChI=1S/C22H30FN3O3S2/c1-16(2)21(25-31(28,29)20-8-5-13-30-20)22(27)24-14-17-9-11-26(12-10-17)15-18-6-3-4-7-19(18)23/h3-8,13,16-17,21,25H,9-12,14-15H2,1-2H3,(H,24,27). The zero-order valence-corrected chi connectivity index (χ0v) is 19.5. The zero-order chi connectivity index (χ0) is 22.4. The van der Waals surface area contributed by atoms with Gasteiger partial charge in [-0.2, -0.15) is 4.72 Å². The SMILES string of the molecule is CC(C)C(NS(=O)(=O)c1cccs1)C(=O)NCC1CCN(Cc2ccccc2F)CC1. The Balaban J connectivity index is 1.48. The van der Waals surface area contributed by atoms with Crippen molar-refractivity contribution in [2.75, 3.05) is 19.6 Å². The summed E-state index contributed by atoms with van der Waals surface area (Å²) in [6.07, 6.45) is 1.81. The van der Waals surface area contributed by atoms with Gasteiger partial charge in [0.1, 0.15) is 16.1 Å². The number of hydrogen-bond donors (Lipinski definition) is 2. The molecule has 170 valence electrons. The summed E-state index contributed by atoms with van der Waals surface area (Å²) in [6, 6.07) is 9.20. The Morgan fingerprint density at radius 1 is 1.19 bits per heavy atom. The highest BCUT2D eigenvalue weighted by molar-refractivity contribution is 7.91. The summed E-state index contributed by atoms with van der Waals surface area (Å²) < 4.78 is 41.6. The lowest BCUT2D eigenvalue weighted by Gasteiger charge is -2.32. The van der Waals surface area contributed by atoms with E-state index in [-0.39, 0.29) is 21.9 Å². The molecule has 0 bridgehead atoms. The minimum atomic E-state index is -3.72. The van der Waals surface area contributed by atoms with Crippen molar-refractivity contribution in [1.29, 1.82) is 0 Å². The number of hydrogen-bond acceptors (Lipinski definition) is 5. The number of amides is 1. The summed E-state index contributed by atoms with van der Waals surface area (Å²) in [5.74, 6) is -0.342. The molecule has 3 rings (SSSR count). The molecule has 1 aromatic heterocycles. The van der Waals surface area contributed by atoms with Crippen molar-refractivity contribution in [2.24, 2.45) is 11.8 Å². The first-order valence-corrected chi connectivity index (χ1v) is 12.9. The number of piperidine rings is 1. The average molecular weight is 468 g/mol. The molecule has 2 heterocycles. The van der Waals surface area contributed by atoms with Crippen LogP contribution in [0.1, 0.15) is 32.3 Å². The van der Waals surface area contributed by atoms with Crippen molar-refractivity contribution in [3.05, 3.63) is 53.2 Å². The Labute approximate surface area is 187 Å². The minimum absolute atomic E-state index is 0.179. The fraction of sp³-hybridized carbons (Fsp3) is 0.500. The van der Waals surface area contributed by atoms with Crippen LogP contribution in [0.5, 0.6) is 0 Å². The highest BCUT2D eigenvalue weighted by Gasteiger charge is 2.29. The molecule has 0 saturated carbocycles. The molecule has 1 aromatic carbocycles. The highest BCUT2D eigenvalue weighted by atomic mass is 32.2. The molecule has 1 aliphatic heterocycles. The van der Waals surface area contributed by atoms with Gasteiger partial charge in [-0.3, -0.25) is 9.69 Å². The van der Waals surface area contributed by atoms with Gasteiger partial charge in [0.15, 0.2) is 0 Å². The van der Waals surface area contributed by atoms with Crippen molar-refractivity contribution >= 4 is 27.3 Å². The fourth-order valence-corrected chi connectivity index (χ4v) is 6.06. The number of nitrogens with zero attached hydrogens (tertiary/aromatic N) is 1. The van der Waals surface area contributed by atoms with Crippen molar-refractivity contribution < 1.29 is 17.6 Å². The van der Waals surface area contributed by atoms with Crippen LogP contribution in [0.3, 0.4) is 0 Å².